The van der Waals surface area contributed by atoms with E-state index in [1.807, 2.05) is 0 Å². The number of rotatable bonds is 1. The Bertz CT molecular complexity index is 959. The first-order valence-electron chi connectivity index (χ1n) is 6.66. The Balaban J connectivity index is 2.29. The summed E-state index contributed by atoms with van der Waals surface area (Å²) < 4.78 is 66.9. The van der Waals surface area contributed by atoms with Crippen molar-refractivity contribution in [3.8, 4) is 0 Å². The van der Waals surface area contributed by atoms with Gasteiger partial charge in [0.1, 0.15) is 17.3 Å². The van der Waals surface area contributed by atoms with Gasteiger partial charge in [0.15, 0.2) is 0 Å². The van der Waals surface area contributed by atoms with E-state index in [0.717, 1.165) is 18.2 Å². The van der Waals surface area contributed by atoms with Crippen LogP contribution in [0.4, 0.5) is 27.6 Å². The summed E-state index contributed by atoms with van der Waals surface area (Å²) in [6.07, 6.45) is -4.85. The van der Waals surface area contributed by atoms with Crippen LogP contribution >= 0.6 is 0 Å². The zero-order chi connectivity index (χ0) is 17.6. The van der Waals surface area contributed by atoms with Crippen molar-refractivity contribution < 1.29 is 26.7 Å². The number of nitrogen functional groups attached to an aromatic ring is 1. The Morgan fingerprint density at radius 2 is 1.71 bits per heavy atom. The van der Waals surface area contributed by atoms with Crippen LogP contribution in [0.3, 0.4) is 0 Å². The molecule has 0 bridgehead atoms. The van der Waals surface area contributed by atoms with Crippen molar-refractivity contribution >= 4 is 22.5 Å². The van der Waals surface area contributed by atoms with Crippen molar-refractivity contribution in [3.63, 3.8) is 0 Å². The number of carbonyl (C=O) groups excluding carboxylic acids is 1. The maximum Gasteiger partial charge on any atom is 0.431 e. The molecule has 0 unspecified atom stereocenters. The molecule has 1 heterocycles. The lowest BCUT2D eigenvalue weighted by Gasteiger charge is -2.12. The largest absolute Gasteiger partial charge is 0.431 e. The molecule has 0 saturated heterocycles. The van der Waals surface area contributed by atoms with Gasteiger partial charge in [-0.05, 0) is 36.4 Å². The number of anilines is 1. The van der Waals surface area contributed by atoms with E-state index >= 15 is 0 Å². The minimum absolute atomic E-state index is 0.0785. The average Bonchev–Trinajstić information content (AvgIpc) is 2.85. The van der Waals surface area contributed by atoms with Crippen molar-refractivity contribution in [2.24, 2.45) is 0 Å². The third-order valence-corrected chi connectivity index (χ3v) is 3.48. The Morgan fingerprint density at radius 3 is 2.33 bits per heavy atom. The molecule has 0 atom stereocenters. The number of aromatic nitrogens is 1. The van der Waals surface area contributed by atoms with Gasteiger partial charge in [0.2, 0.25) is 0 Å². The minimum Gasteiger partial charge on any atom is -0.399 e. The standard InChI is InChI=1S/C16H9F5N2O/c17-9-1-3-11(12(18)7-9)15(24)23-13-4-2-10(22)5-8(13)6-14(23)16(19,20)21/h1-7H,22H2. The fourth-order valence-corrected chi connectivity index (χ4v) is 2.44. The molecule has 8 heteroatoms. The molecule has 0 aliphatic heterocycles. The molecule has 0 fully saturated rings. The predicted octanol–water partition coefficient (Wildman–Crippen LogP) is 4.21. The van der Waals surface area contributed by atoms with Gasteiger partial charge in [-0.1, -0.05) is 0 Å². The molecule has 0 aliphatic carbocycles. The highest BCUT2D eigenvalue weighted by Gasteiger charge is 2.37. The summed E-state index contributed by atoms with van der Waals surface area (Å²) in [6.45, 7) is 0. The van der Waals surface area contributed by atoms with Crippen LogP contribution in [0.1, 0.15) is 16.1 Å². The summed E-state index contributed by atoms with van der Waals surface area (Å²) in [5.41, 5.74) is 3.74. The molecule has 0 aliphatic rings. The first-order valence-corrected chi connectivity index (χ1v) is 6.66. The van der Waals surface area contributed by atoms with Gasteiger partial charge in [0, 0.05) is 17.1 Å². The molecule has 3 rings (SSSR count). The molecule has 124 valence electrons. The zero-order valence-electron chi connectivity index (χ0n) is 11.9. The predicted molar refractivity (Wildman–Crippen MR) is 77.4 cm³/mol. The number of carbonyl (C=O) groups is 1. The highest BCUT2D eigenvalue weighted by molar-refractivity contribution is 6.03. The smallest absolute Gasteiger partial charge is 0.399 e. The van der Waals surface area contributed by atoms with Crippen LogP contribution < -0.4 is 5.73 Å². The van der Waals surface area contributed by atoms with Gasteiger partial charge in [-0.25, -0.2) is 8.78 Å². The number of halogens is 5. The number of benzene rings is 2. The van der Waals surface area contributed by atoms with E-state index < -0.39 is 35.0 Å². The normalized spacial score (nSPS) is 11.9. The second-order valence-electron chi connectivity index (χ2n) is 5.11. The third kappa shape index (κ3) is 2.60. The van der Waals surface area contributed by atoms with Crippen LogP contribution in [-0.2, 0) is 6.18 Å². The van der Waals surface area contributed by atoms with Crippen molar-refractivity contribution in [2.75, 3.05) is 5.73 Å². The van der Waals surface area contributed by atoms with Crippen molar-refractivity contribution in [2.45, 2.75) is 6.18 Å². The number of fused-ring (bicyclic) bond motifs is 1. The Kier molecular flexibility index (Phi) is 3.55. The van der Waals surface area contributed by atoms with E-state index in [-0.39, 0.29) is 16.6 Å². The molecule has 0 spiro atoms. The molecule has 3 nitrogen and oxygen atoms in total. The van der Waals surface area contributed by atoms with Crippen LogP contribution in [0.25, 0.3) is 10.9 Å². The van der Waals surface area contributed by atoms with E-state index in [1.54, 1.807) is 0 Å². The summed E-state index contributed by atoms with van der Waals surface area (Å²) in [5.74, 6) is -3.43. The van der Waals surface area contributed by atoms with Gasteiger partial charge in [0.05, 0.1) is 11.1 Å². The summed E-state index contributed by atoms with van der Waals surface area (Å²) >= 11 is 0. The highest BCUT2D eigenvalue weighted by Crippen LogP contribution is 2.35. The van der Waals surface area contributed by atoms with E-state index in [4.69, 9.17) is 5.73 Å². The van der Waals surface area contributed by atoms with Gasteiger partial charge in [0.25, 0.3) is 5.91 Å². The maximum atomic E-state index is 13.8. The van der Waals surface area contributed by atoms with E-state index in [2.05, 4.69) is 0 Å². The minimum atomic E-state index is -4.85. The van der Waals surface area contributed by atoms with Gasteiger partial charge >= 0.3 is 6.18 Å². The van der Waals surface area contributed by atoms with Crippen LogP contribution in [0, 0.1) is 11.6 Å². The van der Waals surface area contributed by atoms with Gasteiger partial charge in [-0.15, -0.1) is 0 Å². The first kappa shape index (κ1) is 16.0. The lowest BCUT2D eigenvalue weighted by Crippen LogP contribution is -2.21. The Labute approximate surface area is 132 Å². The number of hydrogen-bond donors (Lipinski definition) is 1. The topological polar surface area (TPSA) is 48.0 Å². The van der Waals surface area contributed by atoms with E-state index in [1.165, 1.54) is 18.2 Å². The number of nitrogens with zero attached hydrogens (tertiary/aromatic N) is 1. The van der Waals surface area contributed by atoms with Crippen LogP contribution in [0.5, 0.6) is 0 Å². The molecule has 0 radical (unpaired) electrons. The molecule has 2 aromatic carbocycles. The monoisotopic (exact) mass is 340 g/mol. The number of hydrogen-bond acceptors (Lipinski definition) is 2. The first-order chi connectivity index (χ1) is 11.2. The summed E-state index contributed by atoms with van der Waals surface area (Å²) in [4.78, 5) is 12.5. The average molecular weight is 340 g/mol. The van der Waals surface area contributed by atoms with Gasteiger partial charge in [-0.3, -0.25) is 9.36 Å². The summed E-state index contributed by atoms with van der Waals surface area (Å²) in [6, 6.07) is 6.63. The second-order valence-corrected chi connectivity index (χ2v) is 5.11. The van der Waals surface area contributed by atoms with Crippen molar-refractivity contribution in [3.05, 3.63) is 65.4 Å². The highest BCUT2D eigenvalue weighted by atomic mass is 19.4. The maximum absolute atomic E-state index is 13.8. The third-order valence-electron chi connectivity index (χ3n) is 3.48. The molecule has 3 aromatic rings. The molecular weight excluding hydrogens is 331 g/mol. The molecular formula is C16H9F5N2O. The molecule has 2 N–H and O–H groups in total. The van der Waals surface area contributed by atoms with E-state index in [9.17, 15) is 26.7 Å². The van der Waals surface area contributed by atoms with Crippen LogP contribution in [0.15, 0.2) is 42.5 Å². The van der Waals surface area contributed by atoms with Gasteiger partial charge < -0.3 is 5.73 Å². The zero-order valence-corrected chi connectivity index (χ0v) is 11.9. The fraction of sp³-hybridized carbons (Fsp3) is 0.0625. The quantitative estimate of drug-likeness (QED) is 0.533. The van der Waals surface area contributed by atoms with Gasteiger partial charge in [-0.2, -0.15) is 13.2 Å². The molecule has 24 heavy (non-hydrogen) atoms. The summed E-state index contributed by atoms with van der Waals surface area (Å²) in [7, 11) is 0. The molecule has 0 saturated carbocycles. The molecule has 1 aromatic heterocycles. The Morgan fingerprint density at radius 1 is 1.00 bits per heavy atom. The second kappa shape index (κ2) is 5.33. The van der Waals surface area contributed by atoms with Crippen molar-refractivity contribution in [1.29, 1.82) is 0 Å². The van der Waals surface area contributed by atoms with Crippen molar-refractivity contribution in [1.82, 2.24) is 4.57 Å². The molecule has 0 amide bonds. The number of nitrogens with two attached hydrogens (primary N) is 1. The van der Waals surface area contributed by atoms with Crippen LogP contribution in [0.2, 0.25) is 0 Å². The SMILES string of the molecule is Nc1ccc2c(c1)cc(C(F)(F)F)n2C(=O)c1ccc(F)cc1F. The Hall–Kier alpha value is -2.90. The lowest BCUT2D eigenvalue weighted by molar-refractivity contribution is -0.142. The fourth-order valence-electron chi connectivity index (χ4n) is 2.44. The van der Waals surface area contributed by atoms with E-state index in [0.29, 0.717) is 10.6 Å². The summed E-state index contributed by atoms with van der Waals surface area (Å²) in [5, 5.41) is 0.0817. The van der Waals surface area contributed by atoms with Crippen LogP contribution in [-0.4, -0.2) is 10.5 Å². The lowest BCUT2D eigenvalue weighted by atomic mass is 10.2. The number of alkyl halides is 3.